The minimum absolute atomic E-state index is 0.186. The largest absolute Gasteiger partial charge is 0.322 e. The highest BCUT2D eigenvalue weighted by Gasteiger charge is 2.34. The molecule has 0 aliphatic heterocycles. The SMILES string of the molecule is CCC(C)(C)n1nnnc1C(c1cc2cc(C)ccc2[nH]c1=O)N(CCc1ccccc1)Cc1ccc(F)cc1. The number of aromatic amines is 1. The van der Waals surface area contributed by atoms with Crippen LogP contribution in [0.2, 0.25) is 0 Å². The second-order valence-corrected chi connectivity index (χ2v) is 11.0. The third-order valence-corrected chi connectivity index (χ3v) is 7.69. The maximum absolute atomic E-state index is 13.8. The topological polar surface area (TPSA) is 79.7 Å². The van der Waals surface area contributed by atoms with Crippen LogP contribution in [0.4, 0.5) is 4.39 Å². The van der Waals surface area contributed by atoms with Gasteiger partial charge in [-0.15, -0.1) is 5.10 Å². The van der Waals surface area contributed by atoms with Gasteiger partial charge in [0.1, 0.15) is 11.9 Å². The van der Waals surface area contributed by atoms with Crippen molar-refractivity contribution in [2.75, 3.05) is 6.54 Å². The Kier molecular flexibility index (Phi) is 7.89. The predicted octanol–water partition coefficient (Wildman–Crippen LogP) is 5.94. The van der Waals surface area contributed by atoms with Crippen LogP contribution in [-0.2, 0) is 18.5 Å². The highest BCUT2D eigenvalue weighted by atomic mass is 19.1. The van der Waals surface area contributed by atoms with Crippen LogP contribution >= 0.6 is 0 Å². The van der Waals surface area contributed by atoms with Crippen molar-refractivity contribution in [2.45, 2.75) is 58.7 Å². The summed E-state index contributed by atoms with van der Waals surface area (Å²) < 4.78 is 15.7. The Bertz CT molecular complexity index is 1640. The van der Waals surface area contributed by atoms with E-state index in [0.29, 0.717) is 24.5 Å². The Morgan fingerprint density at radius 2 is 1.75 bits per heavy atom. The van der Waals surface area contributed by atoms with Crippen LogP contribution in [0.5, 0.6) is 0 Å². The number of aryl methyl sites for hydroxylation is 1. The van der Waals surface area contributed by atoms with E-state index < -0.39 is 6.04 Å². The van der Waals surface area contributed by atoms with Gasteiger partial charge in [0.25, 0.3) is 5.56 Å². The lowest BCUT2D eigenvalue weighted by Gasteiger charge is -2.33. The predicted molar refractivity (Wildman–Crippen MR) is 156 cm³/mol. The number of nitrogens with zero attached hydrogens (tertiary/aromatic N) is 5. The van der Waals surface area contributed by atoms with Gasteiger partial charge in [-0.3, -0.25) is 9.69 Å². The van der Waals surface area contributed by atoms with Crippen LogP contribution in [-0.4, -0.2) is 36.6 Å². The molecule has 0 saturated carbocycles. The van der Waals surface area contributed by atoms with Crippen LogP contribution < -0.4 is 5.56 Å². The Morgan fingerprint density at radius 1 is 1.00 bits per heavy atom. The lowest BCUT2D eigenvalue weighted by atomic mass is 9.98. The molecule has 206 valence electrons. The van der Waals surface area contributed by atoms with Crippen LogP contribution in [0, 0.1) is 12.7 Å². The molecule has 0 spiro atoms. The molecule has 5 aromatic rings. The average Bonchev–Trinajstić information content (AvgIpc) is 3.44. The van der Waals surface area contributed by atoms with Gasteiger partial charge in [0.15, 0.2) is 5.82 Å². The lowest BCUT2D eigenvalue weighted by Crippen LogP contribution is -2.39. The minimum atomic E-state index is -0.553. The molecular weight excluding hydrogens is 503 g/mol. The maximum atomic E-state index is 13.8. The summed E-state index contributed by atoms with van der Waals surface area (Å²) in [4.78, 5) is 19.1. The van der Waals surface area contributed by atoms with E-state index in [1.807, 2.05) is 48.0 Å². The number of H-pyrrole nitrogens is 1. The van der Waals surface area contributed by atoms with E-state index in [-0.39, 0.29) is 16.9 Å². The van der Waals surface area contributed by atoms with Gasteiger partial charge in [-0.05, 0) is 90.9 Å². The first-order chi connectivity index (χ1) is 19.2. The van der Waals surface area contributed by atoms with Gasteiger partial charge in [-0.25, -0.2) is 9.07 Å². The summed E-state index contributed by atoms with van der Waals surface area (Å²) in [5, 5.41) is 13.9. The molecule has 1 N–H and O–H groups in total. The zero-order chi connectivity index (χ0) is 28.3. The highest BCUT2D eigenvalue weighted by molar-refractivity contribution is 5.79. The van der Waals surface area contributed by atoms with Crippen LogP contribution in [0.1, 0.15) is 61.3 Å². The van der Waals surface area contributed by atoms with E-state index in [4.69, 9.17) is 0 Å². The molecule has 0 radical (unpaired) electrons. The van der Waals surface area contributed by atoms with Gasteiger partial charge in [-0.2, -0.15) is 0 Å². The van der Waals surface area contributed by atoms with E-state index in [9.17, 15) is 9.18 Å². The van der Waals surface area contributed by atoms with E-state index in [1.165, 1.54) is 17.7 Å². The number of rotatable bonds is 10. The maximum Gasteiger partial charge on any atom is 0.253 e. The van der Waals surface area contributed by atoms with Crippen molar-refractivity contribution in [3.63, 3.8) is 0 Å². The molecule has 40 heavy (non-hydrogen) atoms. The number of pyridine rings is 1. The average molecular weight is 539 g/mol. The molecular formula is C32H35FN6O. The second kappa shape index (κ2) is 11.5. The summed E-state index contributed by atoms with van der Waals surface area (Å²) in [7, 11) is 0. The van der Waals surface area contributed by atoms with Crippen molar-refractivity contribution in [3.05, 3.63) is 123 Å². The smallest absolute Gasteiger partial charge is 0.253 e. The van der Waals surface area contributed by atoms with Crippen molar-refractivity contribution in [1.29, 1.82) is 0 Å². The second-order valence-electron chi connectivity index (χ2n) is 11.0. The van der Waals surface area contributed by atoms with E-state index in [2.05, 4.69) is 64.4 Å². The number of tetrazole rings is 1. The molecule has 2 heterocycles. The number of halogens is 1. The molecule has 0 saturated heterocycles. The molecule has 0 amide bonds. The molecule has 0 aliphatic carbocycles. The Morgan fingerprint density at radius 3 is 2.48 bits per heavy atom. The number of nitrogens with one attached hydrogen (secondary N) is 1. The van der Waals surface area contributed by atoms with Crippen LogP contribution in [0.15, 0.2) is 83.7 Å². The van der Waals surface area contributed by atoms with E-state index >= 15 is 0 Å². The minimum Gasteiger partial charge on any atom is -0.322 e. The van der Waals surface area contributed by atoms with E-state index in [1.54, 1.807) is 12.1 Å². The van der Waals surface area contributed by atoms with E-state index in [0.717, 1.165) is 34.9 Å². The molecule has 8 heteroatoms. The van der Waals surface area contributed by atoms with Gasteiger partial charge in [0.05, 0.1) is 5.54 Å². The fourth-order valence-electron chi connectivity index (χ4n) is 5.03. The fourth-order valence-corrected chi connectivity index (χ4v) is 5.03. The molecule has 0 bridgehead atoms. The van der Waals surface area contributed by atoms with Gasteiger partial charge in [0, 0.05) is 24.2 Å². The molecule has 0 aliphatic rings. The van der Waals surface area contributed by atoms with Crippen molar-refractivity contribution in [2.24, 2.45) is 0 Å². The number of hydrogen-bond acceptors (Lipinski definition) is 5. The van der Waals surface area contributed by atoms with Crippen molar-refractivity contribution < 1.29 is 4.39 Å². The molecule has 5 rings (SSSR count). The summed E-state index contributed by atoms with van der Waals surface area (Å²) in [6, 6.07) is 24.2. The summed E-state index contributed by atoms with van der Waals surface area (Å²) in [6.45, 7) is 9.40. The zero-order valence-electron chi connectivity index (χ0n) is 23.4. The lowest BCUT2D eigenvalue weighted by molar-refractivity contribution is 0.190. The summed E-state index contributed by atoms with van der Waals surface area (Å²) in [5.74, 6) is 0.311. The van der Waals surface area contributed by atoms with Crippen molar-refractivity contribution in [1.82, 2.24) is 30.1 Å². The van der Waals surface area contributed by atoms with Gasteiger partial charge in [-0.1, -0.05) is 61.0 Å². The van der Waals surface area contributed by atoms with Crippen LogP contribution in [0.3, 0.4) is 0 Å². The Labute approximate surface area is 233 Å². The number of hydrogen-bond donors (Lipinski definition) is 1. The third kappa shape index (κ3) is 5.87. The first-order valence-electron chi connectivity index (χ1n) is 13.7. The van der Waals surface area contributed by atoms with Crippen molar-refractivity contribution >= 4 is 10.9 Å². The standard InChI is InChI=1S/C32H35FN6O/c1-5-32(3,4)39-30(35-36-37-39)29(27-20-25-19-22(2)11-16-28(25)34-31(27)40)38(18-17-23-9-7-6-8-10-23)21-24-12-14-26(33)15-13-24/h6-16,19-20,29H,5,17-18,21H2,1-4H3,(H,34,40). The first kappa shape index (κ1) is 27.4. The molecule has 1 unspecified atom stereocenters. The fraction of sp³-hybridized carbons (Fsp3) is 0.312. The monoisotopic (exact) mass is 538 g/mol. The highest BCUT2D eigenvalue weighted by Crippen LogP contribution is 2.32. The van der Waals surface area contributed by atoms with Gasteiger partial charge in [0.2, 0.25) is 0 Å². The first-order valence-corrected chi connectivity index (χ1v) is 13.7. The Hall–Kier alpha value is -4.17. The molecule has 2 aromatic heterocycles. The number of aromatic nitrogens is 5. The summed E-state index contributed by atoms with van der Waals surface area (Å²) in [5.41, 5.74) is 4.00. The summed E-state index contributed by atoms with van der Waals surface area (Å²) in [6.07, 6.45) is 1.55. The summed E-state index contributed by atoms with van der Waals surface area (Å²) >= 11 is 0. The quantitative estimate of drug-likeness (QED) is 0.238. The van der Waals surface area contributed by atoms with Crippen molar-refractivity contribution in [3.8, 4) is 0 Å². The molecule has 0 fully saturated rings. The Balaban J connectivity index is 1.69. The van der Waals surface area contributed by atoms with Crippen LogP contribution in [0.25, 0.3) is 10.9 Å². The molecule has 7 nitrogen and oxygen atoms in total. The van der Waals surface area contributed by atoms with Gasteiger partial charge < -0.3 is 4.98 Å². The number of fused-ring (bicyclic) bond motifs is 1. The molecule has 3 aromatic carbocycles. The van der Waals surface area contributed by atoms with Gasteiger partial charge >= 0.3 is 0 Å². The molecule has 1 atom stereocenters. The third-order valence-electron chi connectivity index (χ3n) is 7.69. The number of benzene rings is 3. The zero-order valence-corrected chi connectivity index (χ0v) is 23.4. The normalized spacial score (nSPS) is 12.8.